The Bertz CT molecular complexity index is 143. The summed E-state index contributed by atoms with van der Waals surface area (Å²) in [6, 6.07) is 0.604. The summed E-state index contributed by atoms with van der Waals surface area (Å²) in [4.78, 5) is 2.43. The zero-order valence-electron chi connectivity index (χ0n) is 9.14. The highest BCUT2D eigenvalue weighted by Crippen LogP contribution is 2.02. The molecule has 0 unspecified atom stereocenters. The lowest BCUT2D eigenvalue weighted by Crippen LogP contribution is -2.33. The van der Waals surface area contributed by atoms with Gasteiger partial charge < -0.3 is 10.6 Å². The van der Waals surface area contributed by atoms with Crippen molar-refractivity contribution in [3.05, 3.63) is 0 Å². The summed E-state index contributed by atoms with van der Waals surface area (Å²) in [5.74, 6) is 0.306. The van der Waals surface area contributed by atoms with E-state index in [0.717, 1.165) is 25.9 Å². The van der Waals surface area contributed by atoms with Crippen LogP contribution in [0, 0.1) is 5.41 Å². The topological polar surface area (TPSA) is 53.1 Å². The molecule has 0 aromatic rings. The molecule has 0 saturated carbocycles. The molecule has 0 aliphatic heterocycles. The Morgan fingerprint density at radius 3 is 2.38 bits per heavy atom. The van der Waals surface area contributed by atoms with Crippen molar-refractivity contribution >= 4 is 5.84 Å². The molecule has 0 saturated heterocycles. The van der Waals surface area contributed by atoms with Gasteiger partial charge in [0, 0.05) is 12.5 Å². The lowest BCUT2D eigenvalue weighted by Gasteiger charge is -2.25. The lowest BCUT2D eigenvalue weighted by molar-refractivity contribution is 0.220. The van der Waals surface area contributed by atoms with Gasteiger partial charge in [-0.3, -0.25) is 5.41 Å². The zero-order chi connectivity index (χ0) is 10.3. The first kappa shape index (κ1) is 12.4. The third-order valence-corrected chi connectivity index (χ3v) is 2.13. The predicted octanol–water partition coefficient (Wildman–Crippen LogP) is 1.82. The summed E-state index contributed by atoms with van der Waals surface area (Å²) in [7, 11) is 0. The van der Waals surface area contributed by atoms with E-state index in [9.17, 15) is 0 Å². The fraction of sp³-hybridized carbons (Fsp3) is 0.900. The minimum absolute atomic E-state index is 0.306. The quantitative estimate of drug-likeness (QED) is 0.469. The van der Waals surface area contributed by atoms with Crippen LogP contribution in [-0.4, -0.2) is 29.9 Å². The minimum atomic E-state index is 0.306. The van der Waals surface area contributed by atoms with Gasteiger partial charge in [-0.05, 0) is 39.8 Å². The molecule has 13 heavy (non-hydrogen) atoms. The second-order valence-corrected chi connectivity index (χ2v) is 3.76. The summed E-state index contributed by atoms with van der Waals surface area (Å²) in [5.41, 5.74) is 5.29. The van der Waals surface area contributed by atoms with Crippen LogP contribution in [0.4, 0.5) is 0 Å². The second kappa shape index (κ2) is 6.89. The van der Waals surface area contributed by atoms with Gasteiger partial charge in [-0.1, -0.05) is 6.92 Å². The molecular weight excluding hydrogens is 162 g/mol. The van der Waals surface area contributed by atoms with Crippen molar-refractivity contribution in [2.45, 2.75) is 46.1 Å². The fourth-order valence-electron chi connectivity index (χ4n) is 1.39. The molecular formula is C10H23N3. The van der Waals surface area contributed by atoms with E-state index in [2.05, 4.69) is 25.7 Å². The molecule has 3 N–H and O–H groups in total. The van der Waals surface area contributed by atoms with Gasteiger partial charge in [0.2, 0.25) is 0 Å². The molecule has 0 aliphatic carbocycles. The largest absolute Gasteiger partial charge is 0.388 e. The van der Waals surface area contributed by atoms with E-state index in [0.29, 0.717) is 11.9 Å². The van der Waals surface area contributed by atoms with Gasteiger partial charge in [0.25, 0.3) is 0 Å². The van der Waals surface area contributed by atoms with Crippen molar-refractivity contribution < 1.29 is 0 Å². The zero-order valence-corrected chi connectivity index (χ0v) is 9.14. The van der Waals surface area contributed by atoms with Gasteiger partial charge in [0.1, 0.15) is 0 Å². The summed E-state index contributed by atoms with van der Waals surface area (Å²) < 4.78 is 0. The van der Waals surface area contributed by atoms with Crippen LogP contribution in [0.5, 0.6) is 0 Å². The highest BCUT2D eigenvalue weighted by molar-refractivity contribution is 5.76. The van der Waals surface area contributed by atoms with Crippen molar-refractivity contribution in [2.75, 3.05) is 13.1 Å². The monoisotopic (exact) mass is 185 g/mol. The molecule has 0 atom stereocenters. The fourth-order valence-corrected chi connectivity index (χ4v) is 1.39. The number of hydrogen-bond donors (Lipinski definition) is 2. The van der Waals surface area contributed by atoms with Gasteiger partial charge in [0.15, 0.2) is 0 Å². The van der Waals surface area contributed by atoms with Crippen molar-refractivity contribution in [3.63, 3.8) is 0 Å². The van der Waals surface area contributed by atoms with E-state index >= 15 is 0 Å². The first-order valence-electron chi connectivity index (χ1n) is 5.14. The van der Waals surface area contributed by atoms with Crippen LogP contribution < -0.4 is 5.73 Å². The highest BCUT2D eigenvalue weighted by atomic mass is 15.1. The number of amidine groups is 1. The van der Waals surface area contributed by atoms with Gasteiger partial charge in [-0.15, -0.1) is 0 Å². The number of nitrogens with zero attached hydrogens (tertiary/aromatic N) is 1. The molecule has 0 aliphatic rings. The Morgan fingerprint density at radius 1 is 1.38 bits per heavy atom. The Kier molecular flexibility index (Phi) is 6.59. The number of nitrogens with one attached hydrogen (secondary N) is 1. The second-order valence-electron chi connectivity index (χ2n) is 3.76. The maximum absolute atomic E-state index is 7.11. The van der Waals surface area contributed by atoms with Crippen molar-refractivity contribution in [1.82, 2.24) is 4.90 Å². The molecule has 0 spiro atoms. The van der Waals surface area contributed by atoms with Gasteiger partial charge in [-0.2, -0.15) is 0 Å². The maximum Gasteiger partial charge on any atom is 0.0905 e. The average Bonchev–Trinajstić information content (AvgIpc) is 2.02. The molecule has 0 rings (SSSR count). The van der Waals surface area contributed by atoms with Crippen molar-refractivity contribution in [1.29, 1.82) is 5.41 Å². The number of hydrogen-bond acceptors (Lipinski definition) is 2. The van der Waals surface area contributed by atoms with E-state index in [1.165, 1.54) is 6.42 Å². The Morgan fingerprint density at radius 2 is 2.00 bits per heavy atom. The van der Waals surface area contributed by atoms with Crippen LogP contribution in [0.25, 0.3) is 0 Å². The summed E-state index contributed by atoms with van der Waals surface area (Å²) in [5, 5.41) is 7.11. The van der Waals surface area contributed by atoms with Crippen LogP contribution in [0.2, 0.25) is 0 Å². The van der Waals surface area contributed by atoms with E-state index in [1.807, 2.05) is 0 Å². The molecule has 0 aromatic heterocycles. The van der Waals surface area contributed by atoms with Crippen molar-refractivity contribution in [3.8, 4) is 0 Å². The molecule has 0 radical (unpaired) electrons. The minimum Gasteiger partial charge on any atom is -0.388 e. The van der Waals surface area contributed by atoms with Gasteiger partial charge >= 0.3 is 0 Å². The SMILES string of the molecule is CCCN(CCCC(=N)N)C(C)C. The Labute approximate surface area is 81.8 Å². The third kappa shape index (κ3) is 6.58. The van der Waals surface area contributed by atoms with E-state index in [1.54, 1.807) is 0 Å². The highest BCUT2D eigenvalue weighted by Gasteiger charge is 2.07. The van der Waals surface area contributed by atoms with Gasteiger partial charge in [0.05, 0.1) is 5.84 Å². The summed E-state index contributed by atoms with van der Waals surface area (Å²) >= 11 is 0. The molecule has 0 heterocycles. The molecule has 0 bridgehead atoms. The van der Waals surface area contributed by atoms with Crippen molar-refractivity contribution in [2.24, 2.45) is 5.73 Å². The maximum atomic E-state index is 7.11. The molecule has 0 fully saturated rings. The third-order valence-electron chi connectivity index (χ3n) is 2.13. The lowest BCUT2D eigenvalue weighted by atomic mass is 10.2. The molecule has 0 amide bonds. The van der Waals surface area contributed by atoms with Crippen LogP contribution in [-0.2, 0) is 0 Å². The summed E-state index contributed by atoms with van der Waals surface area (Å²) in [6.45, 7) is 8.83. The molecule has 78 valence electrons. The van der Waals surface area contributed by atoms with E-state index < -0.39 is 0 Å². The average molecular weight is 185 g/mol. The first-order chi connectivity index (χ1) is 6.07. The smallest absolute Gasteiger partial charge is 0.0905 e. The van der Waals surface area contributed by atoms with Crippen LogP contribution in [0.1, 0.15) is 40.0 Å². The van der Waals surface area contributed by atoms with Crippen LogP contribution >= 0.6 is 0 Å². The number of nitrogens with two attached hydrogens (primary N) is 1. The molecule has 3 nitrogen and oxygen atoms in total. The first-order valence-corrected chi connectivity index (χ1v) is 5.14. The van der Waals surface area contributed by atoms with E-state index in [4.69, 9.17) is 11.1 Å². The van der Waals surface area contributed by atoms with E-state index in [-0.39, 0.29) is 0 Å². The Hall–Kier alpha value is -0.570. The summed E-state index contributed by atoms with van der Waals surface area (Å²) in [6.07, 6.45) is 2.93. The van der Waals surface area contributed by atoms with Crippen LogP contribution in [0.3, 0.4) is 0 Å². The molecule has 3 heteroatoms. The standard InChI is InChI=1S/C10H23N3/c1-4-7-13(9(2)3)8-5-6-10(11)12/h9H,4-8H2,1-3H3,(H3,11,12). The van der Waals surface area contributed by atoms with Gasteiger partial charge in [-0.25, -0.2) is 0 Å². The normalized spacial score (nSPS) is 11.2. The molecule has 0 aromatic carbocycles. The predicted molar refractivity (Wildman–Crippen MR) is 58.1 cm³/mol. The van der Waals surface area contributed by atoms with Crippen LogP contribution in [0.15, 0.2) is 0 Å². The number of rotatable bonds is 7. The Balaban J connectivity index is 3.62.